The number of nitrogens with one attached hydrogen (secondary N) is 1. The predicted molar refractivity (Wildman–Crippen MR) is 67.8 cm³/mol. The highest BCUT2D eigenvalue weighted by Crippen LogP contribution is 2.61. The molecular formula is C15H25NO. The predicted octanol–water partition coefficient (Wildman–Crippen LogP) is 2.58. The normalized spacial score (nSPS) is 52.9. The smallest absolute Gasteiger partial charge is 0.0620 e. The number of morpholine rings is 1. The standard InChI is InChI=1S/C15H25NO/c1-2-17-10-14(16-1)9-15-6-11-3-12(7-15)5-13(4-11)8-15/h11-14,16H,1-10H2. The summed E-state index contributed by atoms with van der Waals surface area (Å²) in [6.45, 7) is 2.94. The Hall–Kier alpha value is -0.0800. The fourth-order valence-electron chi connectivity index (χ4n) is 5.81. The van der Waals surface area contributed by atoms with Crippen molar-refractivity contribution in [1.29, 1.82) is 0 Å². The number of rotatable bonds is 2. The van der Waals surface area contributed by atoms with Gasteiger partial charge < -0.3 is 10.1 Å². The van der Waals surface area contributed by atoms with E-state index in [4.69, 9.17) is 4.74 Å². The number of hydrogen-bond donors (Lipinski definition) is 1. The van der Waals surface area contributed by atoms with Gasteiger partial charge >= 0.3 is 0 Å². The maximum atomic E-state index is 5.63. The van der Waals surface area contributed by atoms with Crippen molar-refractivity contribution in [2.75, 3.05) is 19.8 Å². The van der Waals surface area contributed by atoms with E-state index in [1.165, 1.54) is 25.7 Å². The SMILES string of the molecule is C1COCC(CC23CC4CC(CC(C4)C2)C3)N1. The van der Waals surface area contributed by atoms with Crippen LogP contribution in [0.2, 0.25) is 0 Å². The molecule has 4 bridgehead atoms. The van der Waals surface area contributed by atoms with Gasteiger partial charge in [0.25, 0.3) is 0 Å². The summed E-state index contributed by atoms with van der Waals surface area (Å²) in [7, 11) is 0. The Morgan fingerprint density at radius 3 is 2.18 bits per heavy atom. The van der Waals surface area contributed by atoms with E-state index in [2.05, 4.69) is 5.32 Å². The summed E-state index contributed by atoms with van der Waals surface area (Å²) in [6, 6.07) is 0.653. The molecule has 5 fully saturated rings. The summed E-state index contributed by atoms with van der Waals surface area (Å²) in [6.07, 6.45) is 10.7. The van der Waals surface area contributed by atoms with Gasteiger partial charge in [-0.3, -0.25) is 0 Å². The van der Waals surface area contributed by atoms with Crippen LogP contribution >= 0.6 is 0 Å². The maximum Gasteiger partial charge on any atom is 0.0620 e. The molecule has 0 aromatic rings. The van der Waals surface area contributed by atoms with Gasteiger partial charge in [0.1, 0.15) is 0 Å². The second-order valence-electron chi connectivity index (χ2n) is 7.35. The first-order chi connectivity index (χ1) is 8.31. The molecule has 0 aromatic carbocycles. The molecule has 96 valence electrons. The van der Waals surface area contributed by atoms with Crippen molar-refractivity contribution in [3.8, 4) is 0 Å². The summed E-state index contributed by atoms with van der Waals surface area (Å²) >= 11 is 0. The zero-order valence-electron chi connectivity index (χ0n) is 10.8. The molecule has 1 aliphatic heterocycles. The minimum atomic E-state index is 0.653. The van der Waals surface area contributed by atoms with Crippen LogP contribution in [0.5, 0.6) is 0 Å². The summed E-state index contributed by atoms with van der Waals surface area (Å²) in [5.74, 6) is 3.27. The lowest BCUT2D eigenvalue weighted by molar-refractivity contribution is -0.0699. The zero-order valence-corrected chi connectivity index (χ0v) is 10.8. The van der Waals surface area contributed by atoms with Crippen molar-refractivity contribution < 1.29 is 4.74 Å². The van der Waals surface area contributed by atoms with Crippen molar-refractivity contribution in [1.82, 2.24) is 5.32 Å². The molecule has 17 heavy (non-hydrogen) atoms. The minimum Gasteiger partial charge on any atom is -0.379 e. The van der Waals surface area contributed by atoms with Crippen LogP contribution < -0.4 is 5.32 Å². The third-order valence-corrected chi connectivity index (χ3v) is 5.84. The van der Waals surface area contributed by atoms with Gasteiger partial charge in [0, 0.05) is 12.6 Å². The average Bonchev–Trinajstić information content (AvgIpc) is 2.27. The number of ether oxygens (including phenoxy) is 1. The van der Waals surface area contributed by atoms with Crippen molar-refractivity contribution in [3.63, 3.8) is 0 Å². The Labute approximate surface area is 104 Å². The molecule has 5 rings (SSSR count). The fourth-order valence-corrected chi connectivity index (χ4v) is 5.81. The summed E-state index contributed by atoms with van der Waals surface area (Å²) in [5, 5.41) is 3.67. The average molecular weight is 235 g/mol. The lowest BCUT2D eigenvalue weighted by Gasteiger charge is -2.58. The molecule has 0 aromatic heterocycles. The van der Waals surface area contributed by atoms with E-state index >= 15 is 0 Å². The molecule has 0 amide bonds. The molecule has 2 nitrogen and oxygen atoms in total. The minimum absolute atomic E-state index is 0.653. The molecule has 0 radical (unpaired) electrons. The largest absolute Gasteiger partial charge is 0.379 e. The molecular weight excluding hydrogens is 210 g/mol. The van der Waals surface area contributed by atoms with Gasteiger partial charge in [0.15, 0.2) is 0 Å². The van der Waals surface area contributed by atoms with Crippen molar-refractivity contribution >= 4 is 0 Å². The summed E-state index contributed by atoms with van der Waals surface area (Å²) in [4.78, 5) is 0. The van der Waals surface area contributed by atoms with E-state index in [9.17, 15) is 0 Å². The van der Waals surface area contributed by atoms with Crippen LogP contribution in [0.25, 0.3) is 0 Å². The Kier molecular flexibility index (Phi) is 2.52. The molecule has 1 heterocycles. The quantitative estimate of drug-likeness (QED) is 0.794. The third kappa shape index (κ3) is 1.94. The molecule has 4 aliphatic carbocycles. The fraction of sp³-hybridized carbons (Fsp3) is 1.00. The van der Waals surface area contributed by atoms with Crippen LogP contribution in [-0.2, 0) is 4.74 Å². The van der Waals surface area contributed by atoms with Gasteiger partial charge in [0.2, 0.25) is 0 Å². The molecule has 1 saturated heterocycles. The van der Waals surface area contributed by atoms with Gasteiger partial charge in [-0.05, 0) is 68.1 Å². The van der Waals surface area contributed by atoms with Gasteiger partial charge in [-0.15, -0.1) is 0 Å². The van der Waals surface area contributed by atoms with E-state index < -0.39 is 0 Å². The van der Waals surface area contributed by atoms with Gasteiger partial charge in [-0.25, -0.2) is 0 Å². The first-order valence-corrected chi connectivity index (χ1v) is 7.62. The monoisotopic (exact) mass is 235 g/mol. The first-order valence-electron chi connectivity index (χ1n) is 7.62. The summed E-state index contributed by atoms with van der Waals surface area (Å²) in [5.41, 5.74) is 0.715. The molecule has 2 heteroatoms. The Morgan fingerprint density at radius 2 is 1.65 bits per heavy atom. The van der Waals surface area contributed by atoms with E-state index in [-0.39, 0.29) is 0 Å². The van der Waals surface area contributed by atoms with Crippen LogP contribution in [0.3, 0.4) is 0 Å². The van der Waals surface area contributed by atoms with E-state index in [1.807, 2.05) is 0 Å². The Balaban J connectivity index is 1.48. The highest BCUT2D eigenvalue weighted by atomic mass is 16.5. The topological polar surface area (TPSA) is 21.3 Å². The molecule has 5 aliphatic rings. The van der Waals surface area contributed by atoms with E-state index in [1.54, 1.807) is 19.3 Å². The van der Waals surface area contributed by atoms with Crippen molar-refractivity contribution in [2.45, 2.75) is 51.0 Å². The Morgan fingerprint density at radius 1 is 1.00 bits per heavy atom. The molecule has 1 unspecified atom stereocenters. The maximum absolute atomic E-state index is 5.63. The lowest BCUT2D eigenvalue weighted by atomic mass is 9.48. The van der Waals surface area contributed by atoms with Gasteiger partial charge in [0.05, 0.1) is 13.2 Å². The molecule has 0 spiro atoms. The van der Waals surface area contributed by atoms with Crippen molar-refractivity contribution in [2.24, 2.45) is 23.2 Å². The van der Waals surface area contributed by atoms with Crippen LogP contribution in [0.1, 0.15) is 44.9 Å². The van der Waals surface area contributed by atoms with Crippen LogP contribution in [-0.4, -0.2) is 25.8 Å². The molecule has 1 atom stereocenters. The second kappa shape index (κ2) is 3.96. The van der Waals surface area contributed by atoms with Crippen LogP contribution in [0.4, 0.5) is 0 Å². The number of hydrogen-bond acceptors (Lipinski definition) is 2. The van der Waals surface area contributed by atoms with Gasteiger partial charge in [-0.2, -0.15) is 0 Å². The van der Waals surface area contributed by atoms with Crippen molar-refractivity contribution in [3.05, 3.63) is 0 Å². The van der Waals surface area contributed by atoms with E-state index in [0.29, 0.717) is 11.5 Å². The zero-order chi connectivity index (χ0) is 11.3. The molecule has 4 saturated carbocycles. The second-order valence-corrected chi connectivity index (χ2v) is 7.35. The summed E-state index contributed by atoms with van der Waals surface area (Å²) < 4.78 is 5.63. The van der Waals surface area contributed by atoms with E-state index in [0.717, 1.165) is 37.5 Å². The van der Waals surface area contributed by atoms with Crippen LogP contribution in [0, 0.1) is 23.2 Å². The highest BCUT2D eigenvalue weighted by molar-refractivity contribution is 5.02. The molecule has 1 N–H and O–H groups in total. The highest BCUT2D eigenvalue weighted by Gasteiger charge is 2.51. The Bertz CT molecular complexity index is 260. The van der Waals surface area contributed by atoms with Crippen LogP contribution in [0.15, 0.2) is 0 Å². The first kappa shape index (κ1) is 10.8. The third-order valence-electron chi connectivity index (χ3n) is 5.84. The lowest BCUT2D eigenvalue weighted by Crippen LogP contribution is -2.51. The van der Waals surface area contributed by atoms with Gasteiger partial charge in [-0.1, -0.05) is 0 Å².